The van der Waals surface area contributed by atoms with E-state index < -0.39 is 0 Å². The first-order chi connectivity index (χ1) is 6.74. The molecule has 1 rings (SSSR count). The summed E-state index contributed by atoms with van der Waals surface area (Å²) in [7, 11) is 0. The SMILES string of the molecule is CCCCCNc1ccc(F)cc1I. The molecule has 3 heteroatoms. The maximum atomic E-state index is 12.8. The van der Waals surface area contributed by atoms with Gasteiger partial charge in [-0.1, -0.05) is 19.8 Å². The zero-order chi connectivity index (χ0) is 10.4. The standard InChI is InChI=1S/C11H15FIN/c1-2-3-4-7-14-11-6-5-9(12)8-10(11)13/h5-6,8,14H,2-4,7H2,1H3. The summed E-state index contributed by atoms with van der Waals surface area (Å²) in [5.74, 6) is -0.173. The fourth-order valence-electron chi connectivity index (χ4n) is 1.23. The first-order valence-corrected chi connectivity index (χ1v) is 6.01. The van der Waals surface area contributed by atoms with Gasteiger partial charge in [0, 0.05) is 15.8 Å². The first-order valence-electron chi connectivity index (χ1n) is 4.93. The summed E-state index contributed by atoms with van der Waals surface area (Å²) in [6.45, 7) is 3.15. The molecule has 1 N–H and O–H groups in total. The minimum atomic E-state index is -0.173. The molecule has 0 aromatic heterocycles. The molecule has 0 spiro atoms. The first kappa shape index (κ1) is 11.8. The normalized spacial score (nSPS) is 10.2. The summed E-state index contributed by atoms with van der Waals surface area (Å²) < 4.78 is 13.7. The molecule has 0 atom stereocenters. The predicted molar refractivity (Wildman–Crippen MR) is 67.1 cm³/mol. The third kappa shape index (κ3) is 3.82. The molecule has 0 heterocycles. The van der Waals surface area contributed by atoms with E-state index in [4.69, 9.17) is 0 Å². The molecule has 78 valence electrons. The Morgan fingerprint density at radius 3 is 2.79 bits per heavy atom. The second kappa shape index (κ2) is 6.22. The van der Waals surface area contributed by atoms with E-state index in [0.717, 1.165) is 15.8 Å². The van der Waals surface area contributed by atoms with Gasteiger partial charge in [0.2, 0.25) is 0 Å². The Labute approximate surface area is 98.2 Å². The molecular formula is C11H15FIN. The second-order valence-electron chi connectivity index (χ2n) is 3.26. The molecule has 0 saturated carbocycles. The van der Waals surface area contributed by atoms with Crippen LogP contribution in [0.1, 0.15) is 26.2 Å². The molecule has 1 aromatic carbocycles. The van der Waals surface area contributed by atoms with Gasteiger partial charge in [-0.25, -0.2) is 4.39 Å². The number of hydrogen-bond donors (Lipinski definition) is 1. The van der Waals surface area contributed by atoms with Gasteiger partial charge in [-0.15, -0.1) is 0 Å². The number of nitrogens with one attached hydrogen (secondary N) is 1. The molecule has 1 nitrogen and oxygen atoms in total. The smallest absolute Gasteiger partial charge is 0.124 e. The molecule has 0 aliphatic heterocycles. The van der Waals surface area contributed by atoms with E-state index >= 15 is 0 Å². The van der Waals surface area contributed by atoms with E-state index in [1.165, 1.54) is 25.3 Å². The Kier molecular flexibility index (Phi) is 5.22. The van der Waals surface area contributed by atoms with Crippen LogP contribution in [0, 0.1) is 9.39 Å². The molecule has 0 aliphatic carbocycles. The maximum Gasteiger partial charge on any atom is 0.124 e. The number of halogens is 2. The van der Waals surface area contributed by atoms with Crippen molar-refractivity contribution in [2.75, 3.05) is 11.9 Å². The summed E-state index contributed by atoms with van der Waals surface area (Å²) >= 11 is 2.14. The van der Waals surface area contributed by atoms with Crippen molar-refractivity contribution in [3.8, 4) is 0 Å². The highest BCUT2D eigenvalue weighted by atomic mass is 127. The Hall–Kier alpha value is -0.320. The van der Waals surface area contributed by atoms with Gasteiger partial charge in [0.05, 0.1) is 0 Å². The summed E-state index contributed by atoms with van der Waals surface area (Å²) in [4.78, 5) is 0. The second-order valence-corrected chi connectivity index (χ2v) is 4.42. The van der Waals surface area contributed by atoms with Crippen molar-refractivity contribution < 1.29 is 4.39 Å². The van der Waals surface area contributed by atoms with Crippen LogP contribution in [-0.2, 0) is 0 Å². The molecule has 14 heavy (non-hydrogen) atoms. The highest BCUT2D eigenvalue weighted by Gasteiger charge is 1.99. The number of anilines is 1. The molecule has 0 aliphatic rings. The van der Waals surface area contributed by atoms with Crippen LogP contribution in [0.5, 0.6) is 0 Å². The Balaban J connectivity index is 2.42. The van der Waals surface area contributed by atoms with Crippen molar-refractivity contribution in [1.29, 1.82) is 0 Å². The molecule has 0 bridgehead atoms. The zero-order valence-corrected chi connectivity index (χ0v) is 10.5. The highest BCUT2D eigenvalue weighted by Crippen LogP contribution is 2.18. The van der Waals surface area contributed by atoms with Crippen molar-refractivity contribution in [2.45, 2.75) is 26.2 Å². The van der Waals surface area contributed by atoms with Crippen LogP contribution in [-0.4, -0.2) is 6.54 Å². The quantitative estimate of drug-likeness (QED) is 0.639. The summed E-state index contributed by atoms with van der Waals surface area (Å²) in [6, 6.07) is 4.83. The Morgan fingerprint density at radius 2 is 2.14 bits per heavy atom. The van der Waals surface area contributed by atoms with Crippen molar-refractivity contribution >= 4 is 28.3 Å². The third-order valence-corrected chi connectivity index (χ3v) is 2.92. The predicted octanol–water partition coefficient (Wildman–Crippen LogP) is 4.03. The molecule has 0 unspecified atom stereocenters. The minimum Gasteiger partial charge on any atom is -0.384 e. The molecule has 0 fully saturated rings. The van der Waals surface area contributed by atoms with Crippen molar-refractivity contribution in [3.63, 3.8) is 0 Å². The molecule has 0 saturated heterocycles. The van der Waals surface area contributed by atoms with Crippen molar-refractivity contribution in [2.24, 2.45) is 0 Å². The average Bonchev–Trinajstić information content (AvgIpc) is 2.15. The van der Waals surface area contributed by atoms with Crippen LogP contribution in [0.15, 0.2) is 18.2 Å². The summed E-state index contributed by atoms with van der Waals surface area (Å²) in [5.41, 5.74) is 1.03. The van der Waals surface area contributed by atoms with Crippen LogP contribution >= 0.6 is 22.6 Å². The number of benzene rings is 1. The topological polar surface area (TPSA) is 12.0 Å². The summed E-state index contributed by atoms with van der Waals surface area (Å²) in [6.07, 6.45) is 3.64. The Morgan fingerprint density at radius 1 is 1.36 bits per heavy atom. The Bertz CT molecular complexity index is 289. The molecule has 0 radical (unpaired) electrons. The van der Waals surface area contributed by atoms with Gasteiger partial charge < -0.3 is 5.32 Å². The lowest BCUT2D eigenvalue weighted by Gasteiger charge is -2.07. The lowest BCUT2D eigenvalue weighted by molar-refractivity contribution is 0.627. The van der Waals surface area contributed by atoms with E-state index in [-0.39, 0.29) is 5.82 Å². The zero-order valence-electron chi connectivity index (χ0n) is 8.32. The summed E-state index contributed by atoms with van der Waals surface area (Å²) in [5, 5.41) is 3.30. The number of rotatable bonds is 5. The third-order valence-electron chi connectivity index (χ3n) is 2.03. The van der Waals surface area contributed by atoms with E-state index in [1.807, 2.05) is 0 Å². The maximum absolute atomic E-state index is 12.8. The van der Waals surface area contributed by atoms with Gasteiger partial charge in [-0.3, -0.25) is 0 Å². The van der Waals surface area contributed by atoms with E-state index in [1.54, 1.807) is 12.1 Å². The van der Waals surface area contributed by atoms with Crippen LogP contribution in [0.4, 0.5) is 10.1 Å². The van der Waals surface area contributed by atoms with Crippen molar-refractivity contribution in [1.82, 2.24) is 0 Å². The van der Waals surface area contributed by atoms with Gasteiger partial charge in [-0.05, 0) is 47.2 Å². The largest absolute Gasteiger partial charge is 0.384 e. The fraction of sp³-hybridized carbons (Fsp3) is 0.455. The van der Waals surface area contributed by atoms with Crippen LogP contribution in [0.25, 0.3) is 0 Å². The molecular weight excluding hydrogens is 292 g/mol. The van der Waals surface area contributed by atoms with Crippen LogP contribution < -0.4 is 5.32 Å². The lowest BCUT2D eigenvalue weighted by Crippen LogP contribution is -2.02. The van der Waals surface area contributed by atoms with E-state index in [2.05, 4.69) is 34.8 Å². The van der Waals surface area contributed by atoms with Crippen LogP contribution in [0.3, 0.4) is 0 Å². The molecule has 0 amide bonds. The van der Waals surface area contributed by atoms with E-state index in [0.29, 0.717) is 0 Å². The monoisotopic (exact) mass is 307 g/mol. The van der Waals surface area contributed by atoms with Gasteiger partial charge in [-0.2, -0.15) is 0 Å². The molecule has 1 aromatic rings. The van der Waals surface area contributed by atoms with Gasteiger partial charge >= 0.3 is 0 Å². The van der Waals surface area contributed by atoms with E-state index in [9.17, 15) is 4.39 Å². The van der Waals surface area contributed by atoms with Gasteiger partial charge in [0.1, 0.15) is 5.82 Å². The number of hydrogen-bond acceptors (Lipinski definition) is 1. The lowest BCUT2D eigenvalue weighted by atomic mass is 10.2. The minimum absolute atomic E-state index is 0.173. The highest BCUT2D eigenvalue weighted by molar-refractivity contribution is 14.1. The fourth-order valence-corrected chi connectivity index (χ4v) is 1.90. The van der Waals surface area contributed by atoms with Gasteiger partial charge in [0.25, 0.3) is 0 Å². The van der Waals surface area contributed by atoms with Crippen LogP contribution in [0.2, 0.25) is 0 Å². The average molecular weight is 307 g/mol. The number of unbranched alkanes of at least 4 members (excludes halogenated alkanes) is 2. The van der Waals surface area contributed by atoms with Crippen molar-refractivity contribution in [3.05, 3.63) is 27.6 Å². The van der Waals surface area contributed by atoms with Gasteiger partial charge in [0.15, 0.2) is 0 Å².